The number of thiazole rings is 1. The predicted molar refractivity (Wildman–Crippen MR) is 101 cm³/mol. The van der Waals surface area contributed by atoms with Crippen molar-refractivity contribution in [1.82, 2.24) is 14.7 Å². The van der Waals surface area contributed by atoms with Gasteiger partial charge in [-0.3, -0.25) is 14.0 Å². The fraction of sp³-hybridized carbons (Fsp3) is 0.316. The van der Waals surface area contributed by atoms with E-state index in [1.54, 1.807) is 0 Å². The van der Waals surface area contributed by atoms with Crippen molar-refractivity contribution in [2.45, 2.75) is 39.7 Å². The Hall–Kier alpha value is -2.47. The molecule has 1 amide bonds. The van der Waals surface area contributed by atoms with Crippen molar-refractivity contribution >= 4 is 22.2 Å². The van der Waals surface area contributed by atoms with Crippen molar-refractivity contribution in [2.75, 3.05) is 0 Å². The van der Waals surface area contributed by atoms with E-state index >= 15 is 0 Å². The molecule has 0 aliphatic rings. The highest BCUT2D eigenvalue weighted by molar-refractivity contribution is 7.15. The Bertz CT molecular complexity index is 957. The van der Waals surface area contributed by atoms with Crippen LogP contribution >= 0.6 is 11.3 Å². The first-order valence-electron chi connectivity index (χ1n) is 8.38. The molecule has 2 heterocycles. The molecule has 1 atom stereocenters. The van der Waals surface area contributed by atoms with Crippen LogP contribution in [0.25, 0.3) is 16.2 Å². The Morgan fingerprint density at radius 3 is 2.72 bits per heavy atom. The summed E-state index contributed by atoms with van der Waals surface area (Å²) in [6.45, 7) is 6.01. The van der Waals surface area contributed by atoms with E-state index in [-0.39, 0.29) is 23.1 Å². The first-order valence-corrected chi connectivity index (χ1v) is 9.26. The summed E-state index contributed by atoms with van der Waals surface area (Å²) < 4.78 is 1.52. The summed E-state index contributed by atoms with van der Waals surface area (Å²) in [5.41, 5.74) is 2.58. The van der Waals surface area contributed by atoms with Gasteiger partial charge in [0.15, 0.2) is 4.96 Å². The minimum atomic E-state index is -0.367. The monoisotopic (exact) mass is 355 g/mol. The van der Waals surface area contributed by atoms with E-state index in [2.05, 4.69) is 17.2 Å². The number of aryl methyl sites for hydroxylation is 1. The van der Waals surface area contributed by atoms with Gasteiger partial charge in [-0.2, -0.15) is 0 Å². The Labute approximate surface area is 150 Å². The molecule has 1 N–H and O–H groups in total. The molecular formula is C19H21N3O2S. The molecule has 0 fully saturated rings. The van der Waals surface area contributed by atoms with Gasteiger partial charge in [0, 0.05) is 17.6 Å². The van der Waals surface area contributed by atoms with Gasteiger partial charge in [-0.25, -0.2) is 4.98 Å². The van der Waals surface area contributed by atoms with Crippen LogP contribution in [0.4, 0.5) is 0 Å². The summed E-state index contributed by atoms with van der Waals surface area (Å²) in [5.74, 6) is -0.367. The van der Waals surface area contributed by atoms with Crippen LogP contribution in [0.3, 0.4) is 0 Å². The van der Waals surface area contributed by atoms with Crippen molar-refractivity contribution in [3.05, 3.63) is 57.3 Å². The largest absolute Gasteiger partial charge is 0.349 e. The zero-order chi connectivity index (χ0) is 18.0. The maximum atomic E-state index is 12.9. The molecule has 0 aliphatic carbocycles. The first kappa shape index (κ1) is 17.4. The molecule has 1 aromatic carbocycles. The van der Waals surface area contributed by atoms with Gasteiger partial charge in [0.25, 0.3) is 11.5 Å². The Morgan fingerprint density at radius 1 is 1.32 bits per heavy atom. The van der Waals surface area contributed by atoms with E-state index in [0.717, 1.165) is 29.7 Å². The molecule has 3 rings (SSSR count). The van der Waals surface area contributed by atoms with Gasteiger partial charge in [0.05, 0.1) is 5.69 Å². The maximum Gasteiger partial charge on any atom is 0.271 e. The highest BCUT2D eigenvalue weighted by atomic mass is 32.1. The van der Waals surface area contributed by atoms with Crippen molar-refractivity contribution in [3.8, 4) is 11.3 Å². The molecule has 5 nitrogen and oxygen atoms in total. The lowest BCUT2D eigenvalue weighted by Crippen LogP contribution is -2.36. The number of benzene rings is 1. The number of fused-ring (bicyclic) bond motifs is 1. The van der Waals surface area contributed by atoms with Crippen LogP contribution in [0.2, 0.25) is 0 Å². The minimum absolute atomic E-state index is 0.0247. The van der Waals surface area contributed by atoms with Gasteiger partial charge < -0.3 is 5.32 Å². The summed E-state index contributed by atoms with van der Waals surface area (Å²) in [4.78, 5) is 30.2. The lowest BCUT2D eigenvalue weighted by Gasteiger charge is -2.12. The molecule has 0 saturated heterocycles. The molecular weight excluding hydrogens is 334 g/mol. The van der Waals surface area contributed by atoms with Gasteiger partial charge in [-0.1, -0.05) is 43.2 Å². The SMILES string of the molecule is CCCC(C)NC(=O)c1cnc2scc(-c3ccc(C)cc3)n2c1=O. The number of nitrogens with one attached hydrogen (secondary N) is 1. The zero-order valence-electron chi connectivity index (χ0n) is 14.6. The maximum absolute atomic E-state index is 12.9. The average molecular weight is 355 g/mol. The lowest BCUT2D eigenvalue weighted by atomic mass is 10.1. The van der Waals surface area contributed by atoms with Crippen molar-refractivity contribution in [3.63, 3.8) is 0 Å². The van der Waals surface area contributed by atoms with Crippen LogP contribution in [0.15, 0.2) is 40.6 Å². The number of carbonyl (C=O) groups excluding carboxylic acids is 1. The smallest absolute Gasteiger partial charge is 0.271 e. The number of carbonyl (C=O) groups is 1. The van der Waals surface area contributed by atoms with Crippen molar-refractivity contribution in [2.24, 2.45) is 0 Å². The first-order chi connectivity index (χ1) is 12.0. The standard InChI is InChI=1S/C19H21N3O2S/c1-4-5-13(3)21-17(23)15-10-20-19-22(18(15)24)16(11-25-19)14-8-6-12(2)7-9-14/h6-11,13H,4-5H2,1-3H3,(H,21,23). The van der Waals surface area contributed by atoms with Crippen LogP contribution < -0.4 is 10.9 Å². The number of hydrogen-bond acceptors (Lipinski definition) is 4. The van der Waals surface area contributed by atoms with Crippen LogP contribution in [0.1, 0.15) is 42.6 Å². The molecule has 130 valence electrons. The molecule has 2 aromatic heterocycles. The van der Waals surface area contributed by atoms with Gasteiger partial charge in [-0.05, 0) is 25.8 Å². The molecule has 1 unspecified atom stereocenters. The quantitative estimate of drug-likeness (QED) is 0.760. The molecule has 0 bridgehead atoms. The second kappa shape index (κ2) is 7.19. The number of nitrogens with zero attached hydrogens (tertiary/aromatic N) is 2. The second-order valence-corrected chi connectivity index (χ2v) is 7.08. The topological polar surface area (TPSA) is 63.5 Å². The fourth-order valence-electron chi connectivity index (χ4n) is 2.78. The average Bonchev–Trinajstić information content (AvgIpc) is 3.01. The third-order valence-corrected chi connectivity index (χ3v) is 4.98. The van der Waals surface area contributed by atoms with E-state index < -0.39 is 0 Å². The van der Waals surface area contributed by atoms with Gasteiger partial charge in [0.1, 0.15) is 5.56 Å². The molecule has 3 aromatic rings. The fourth-order valence-corrected chi connectivity index (χ4v) is 3.64. The number of amides is 1. The Morgan fingerprint density at radius 2 is 2.04 bits per heavy atom. The van der Waals surface area contributed by atoms with E-state index in [9.17, 15) is 9.59 Å². The molecule has 0 aliphatic heterocycles. The summed E-state index contributed by atoms with van der Waals surface area (Å²) in [7, 11) is 0. The summed E-state index contributed by atoms with van der Waals surface area (Å²) >= 11 is 1.39. The predicted octanol–water partition coefficient (Wildman–Crippen LogP) is 3.65. The molecule has 6 heteroatoms. The van der Waals surface area contributed by atoms with Gasteiger partial charge >= 0.3 is 0 Å². The molecule has 0 spiro atoms. The Balaban J connectivity index is 2.04. The van der Waals surface area contributed by atoms with Gasteiger partial charge in [0.2, 0.25) is 0 Å². The number of hydrogen-bond donors (Lipinski definition) is 1. The third-order valence-electron chi connectivity index (χ3n) is 4.14. The lowest BCUT2D eigenvalue weighted by molar-refractivity contribution is 0.0936. The summed E-state index contributed by atoms with van der Waals surface area (Å²) in [6.07, 6.45) is 3.22. The summed E-state index contributed by atoms with van der Waals surface area (Å²) in [5, 5.41) is 4.77. The third kappa shape index (κ3) is 3.49. The van der Waals surface area contributed by atoms with Crippen LogP contribution in [-0.2, 0) is 0 Å². The zero-order valence-corrected chi connectivity index (χ0v) is 15.4. The highest BCUT2D eigenvalue weighted by Crippen LogP contribution is 2.24. The number of aromatic nitrogens is 2. The van der Waals surface area contributed by atoms with E-state index in [4.69, 9.17) is 0 Å². The number of rotatable bonds is 5. The van der Waals surface area contributed by atoms with E-state index in [1.807, 2.05) is 43.5 Å². The van der Waals surface area contributed by atoms with Gasteiger partial charge in [-0.15, -0.1) is 11.3 Å². The van der Waals surface area contributed by atoms with Crippen LogP contribution in [-0.4, -0.2) is 21.3 Å². The van der Waals surface area contributed by atoms with E-state index in [1.165, 1.54) is 21.9 Å². The summed E-state index contributed by atoms with van der Waals surface area (Å²) in [6, 6.07) is 7.97. The highest BCUT2D eigenvalue weighted by Gasteiger charge is 2.18. The second-order valence-electron chi connectivity index (χ2n) is 6.25. The molecule has 25 heavy (non-hydrogen) atoms. The van der Waals surface area contributed by atoms with E-state index in [0.29, 0.717) is 4.96 Å². The molecule has 0 radical (unpaired) electrons. The van der Waals surface area contributed by atoms with Crippen molar-refractivity contribution in [1.29, 1.82) is 0 Å². The van der Waals surface area contributed by atoms with Crippen LogP contribution in [0, 0.1) is 6.92 Å². The molecule has 0 saturated carbocycles. The van der Waals surface area contributed by atoms with Crippen molar-refractivity contribution < 1.29 is 4.79 Å². The minimum Gasteiger partial charge on any atom is -0.349 e. The Kier molecular flexibility index (Phi) is 4.99. The normalized spacial score (nSPS) is 12.3. The van der Waals surface area contributed by atoms with Crippen LogP contribution in [0.5, 0.6) is 0 Å².